The summed E-state index contributed by atoms with van der Waals surface area (Å²) < 4.78 is 5.25. The van der Waals surface area contributed by atoms with E-state index in [2.05, 4.69) is 26.1 Å². The van der Waals surface area contributed by atoms with Gasteiger partial charge in [0.2, 0.25) is 0 Å². The van der Waals surface area contributed by atoms with E-state index in [-0.39, 0.29) is 12.1 Å². The van der Waals surface area contributed by atoms with Crippen LogP contribution in [0.15, 0.2) is 30.3 Å². The van der Waals surface area contributed by atoms with Crippen LogP contribution in [0.1, 0.15) is 13.8 Å². The van der Waals surface area contributed by atoms with Gasteiger partial charge in [0.1, 0.15) is 5.75 Å². The molecular formula is C15H18ClN5O2. The van der Waals surface area contributed by atoms with E-state index in [9.17, 15) is 4.79 Å². The number of nitrogens with one attached hydrogen (secondary N) is 3. The summed E-state index contributed by atoms with van der Waals surface area (Å²) in [6.07, 6.45) is 0. The Morgan fingerprint density at radius 3 is 2.48 bits per heavy atom. The Kier molecular flexibility index (Phi) is 5.59. The lowest BCUT2D eigenvalue weighted by molar-refractivity contribution is 0.250. The van der Waals surface area contributed by atoms with Crippen LogP contribution in [0.25, 0.3) is 0 Å². The fourth-order valence-electron chi connectivity index (χ4n) is 1.80. The number of benzene rings is 1. The van der Waals surface area contributed by atoms with Gasteiger partial charge in [0.05, 0.1) is 12.8 Å². The van der Waals surface area contributed by atoms with Crippen molar-refractivity contribution < 1.29 is 9.53 Å². The van der Waals surface area contributed by atoms with Crippen LogP contribution in [0, 0.1) is 0 Å². The van der Waals surface area contributed by atoms with Crippen LogP contribution in [0.2, 0.25) is 5.02 Å². The van der Waals surface area contributed by atoms with E-state index >= 15 is 0 Å². The van der Waals surface area contributed by atoms with E-state index < -0.39 is 0 Å². The number of carbonyl (C=O) groups excluding carboxylic acids is 1. The van der Waals surface area contributed by atoms with Crippen LogP contribution < -0.4 is 20.7 Å². The van der Waals surface area contributed by atoms with Crippen LogP contribution in [-0.2, 0) is 0 Å². The number of ether oxygens (including phenoxy) is 1. The molecule has 0 fully saturated rings. The zero-order valence-electron chi connectivity index (χ0n) is 13.1. The van der Waals surface area contributed by atoms with E-state index in [1.165, 1.54) is 0 Å². The molecule has 2 rings (SSSR count). The summed E-state index contributed by atoms with van der Waals surface area (Å²) in [7, 11) is 1.57. The molecule has 0 spiro atoms. The Morgan fingerprint density at radius 1 is 1.17 bits per heavy atom. The Labute approximate surface area is 139 Å². The fraction of sp³-hybridized carbons (Fsp3) is 0.267. The molecule has 3 N–H and O–H groups in total. The van der Waals surface area contributed by atoms with E-state index in [0.29, 0.717) is 28.1 Å². The van der Waals surface area contributed by atoms with Gasteiger partial charge in [-0.2, -0.15) is 0 Å². The van der Waals surface area contributed by atoms with Crippen molar-refractivity contribution in [1.29, 1.82) is 0 Å². The summed E-state index contributed by atoms with van der Waals surface area (Å²) in [5.74, 6) is 1.49. The third-order valence-corrected chi connectivity index (χ3v) is 2.99. The van der Waals surface area contributed by atoms with Crippen molar-refractivity contribution in [1.82, 2.24) is 15.5 Å². The molecule has 0 aliphatic heterocycles. The summed E-state index contributed by atoms with van der Waals surface area (Å²) in [6, 6.07) is 8.27. The average Bonchev–Trinajstić information content (AvgIpc) is 2.48. The Bertz CT molecular complexity index is 676. The van der Waals surface area contributed by atoms with Gasteiger partial charge in [-0.3, -0.25) is 5.32 Å². The van der Waals surface area contributed by atoms with Crippen molar-refractivity contribution in [2.75, 3.05) is 17.7 Å². The van der Waals surface area contributed by atoms with Crippen molar-refractivity contribution in [3.8, 4) is 5.75 Å². The highest BCUT2D eigenvalue weighted by Gasteiger charge is 2.07. The van der Waals surface area contributed by atoms with Crippen molar-refractivity contribution in [3.05, 3.63) is 35.4 Å². The van der Waals surface area contributed by atoms with Crippen LogP contribution in [0.5, 0.6) is 5.75 Å². The Hall–Kier alpha value is -2.54. The molecule has 122 valence electrons. The van der Waals surface area contributed by atoms with Gasteiger partial charge in [-0.05, 0) is 44.2 Å². The lowest BCUT2D eigenvalue weighted by atomic mass is 10.3. The lowest BCUT2D eigenvalue weighted by Crippen LogP contribution is -2.34. The quantitative estimate of drug-likeness (QED) is 0.779. The van der Waals surface area contributed by atoms with Crippen LogP contribution in [0.4, 0.5) is 22.1 Å². The van der Waals surface area contributed by atoms with E-state index in [1.807, 2.05) is 13.8 Å². The topological polar surface area (TPSA) is 88.2 Å². The first kappa shape index (κ1) is 16.8. The molecule has 0 saturated carbocycles. The number of hydrogen-bond donors (Lipinski definition) is 3. The molecule has 0 bridgehead atoms. The molecule has 0 aliphatic carbocycles. The maximum atomic E-state index is 11.6. The monoisotopic (exact) mass is 335 g/mol. The molecule has 1 heterocycles. The molecule has 0 saturated heterocycles. The number of hydrogen-bond acceptors (Lipinski definition) is 5. The second kappa shape index (κ2) is 7.64. The van der Waals surface area contributed by atoms with Gasteiger partial charge in [-0.1, -0.05) is 11.6 Å². The minimum absolute atomic E-state index is 0.0409. The van der Waals surface area contributed by atoms with E-state index in [1.54, 1.807) is 37.4 Å². The van der Waals surface area contributed by atoms with E-state index in [4.69, 9.17) is 16.3 Å². The molecule has 1 aromatic heterocycles. The molecule has 2 amide bonds. The SMILES string of the molecule is COc1ccc(Cl)cc1Nc1ccc(NC(=O)NC(C)C)nn1. The van der Waals surface area contributed by atoms with E-state index in [0.717, 1.165) is 0 Å². The summed E-state index contributed by atoms with van der Waals surface area (Å²) in [4.78, 5) is 11.6. The number of nitrogens with zero attached hydrogens (tertiary/aromatic N) is 2. The zero-order chi connectivity index (χ0) is 16.8. The normalized spacial score (nSPS) is 10.3. The smallest absolute Gasteiger partial charge is 0.320 e. The Balaban J connectivity index is 2.06. The number of carbonyl (C=O) groups is 1. The second-order valence-corrected chi connectivity index (χ2v) is 5.46. The predicted molar refractivity (Wildman–Crippen MR) is 90.6 cm³/mol. The highest BCUT2D eigenvalue weighted by molar-refractivity contribution is 6.31. The van der Waals surface area contributed by atoms with Crippen molar-refractivity contribution in [3.63, 3.8) is 0 Å². The fourth-order valence-corrected chi connectivity index (χ4v) is 1.97. The van der Waals surface area contributed by atoms with Crippen LogP contribution in [0.3, 0.4) is 0 Å². The van der Waals surface area contributed by atoms with Gasteiger partial charge >= 0.3 is 6.03 Å². The standard InChI is InChI=1S/C15H18ClN5O2/c1-9(2)17-15(22)19-14-7-6-13(20-21-14)18-11-8-10(16)4-5-12(11)23-3/h4-9H,1-3H3,(H,18,20)(H2,17,19,21,22). The molecule has 0 atom stereocenters. The minimum Gasteiger partial charge on any atom is -0.495 e. The molecule has 0 unspecified atom stereocenters. The number of anilines is 3. The average molecular weight is 336 g/mol. The van der Waals surface area contributed by atoms with Crippen molar-refractivity contribution >= 4 is 35.0 Å². The third-order valence-electron chi connectivity index (χ3n) is 2.75. The first-order chi connectivity index (χ1) is 11.0. The highest BCUT2D eigenvalue weighted by Crippen LogP contribution is 2.29. The molecule has 8 heteroatoms. The molecule has 1 aromatic carbocycles. The molecular weight excluding hydrogens is 318 g/mol. The summed E-state index contributed by atoms with van der Waals surface area (Å²) in [5, 5.41) is 16.9. The van der Waals surface area contributed by atoms with Crippen molar-refractivity contribution in [2.24, 2.45) is 0 Å². The highest BCUT2D eigenvalue weighted by atomic mass is 35.5. The molecule has 0 aliphatic rings. The van der Waals surface area contributed by atoms with Crippen LogP contribution >= 0.6 is 11.6 Å². The first-order valence-electron chi connectivity index (χ1n) is 6.99. The molecule has 0 radical (unpaired) electrons. The van der Waals surface area contributed by atoms with Crippen LogP contribution in [-0.4, -0.2) is 29.4 Å². The summed E-state index contributed by atoms with van der Waals surface area (Å²) >= 11 is 5.98. The number of methoxy groups -OCH3 is 1. The van der Waals surface area contributed by atoms with Gasteiger partial charge in [-0.25, -0.2) is 4.79 Å². The van der Waals surface area contributed by atoms with Crippen molar-refractivity contribution in [2.45, 2.75) is 19.9 Å². The Morgan fingerprint density at radius 2 is 1.87 bits per heavy atom. The number of aromatic nitrogens is 2. The number of amides is 2. The number of halogens is 1. The maximum Gasteiger partial charge on any atom is 0.320 e. The van der Waals surface area contributed by atoms with Gasteiger partial charge in [0, 0.05) is 11.1 Å². The minimum atomic E-state index is -0.327. The summed E-state index contributed by atoms with van der Waals surface area (Å²) in [6.45, 7) is 3.74. The third kappa shape index (κ3) is 5.00. The largest absolute Gasteiger partial charge is 0.495 e. The van der Waals surface area contributed by atoms with Gasteiger partial charge in [0.25, 0.3) is 0 Å². The van der Waals surface area contributed by atoms with Gasteiger partial charge < -0.3 is 15.4 Å². The molecule has 2 aromatic rings. The van der Waals surface area contributed by atoms with Gasteiger partial charge in [-0.15, -0.1) is 10.2 Å². The molecule has 23 heavy (non-hydrogen) atoms. The second-order valence-electron chi connectivity index (χ2n) is 5.03. The maximum absolute atomic E-state index is 11.6. The van der Waals surface area contributed by atoms with Gasteiger partial charge in [0.15, 0.2) is 11.6 Å². The number of rotatable bonds is 5. The molecule has 7 nitrogen and oxygen atoms in total. The number of urea groups is 1. The lowest BCUT2D eigenvalue weighted by Gasteiger charge is -2.11. The zero-order valence-corrected chi connectivity index (χ0v) is 13.8. The first-order valence-corrected chi connectivity index (χ1v) is 7.37. The predicted octanol–water partition coefficient (Wildman–Crippen LogP) is 3.41. The summed E-state index contributed by atoms with van der Waals surface area (Å²) in [5.41, 5.74) is 0.674.